The number of hydrogen-bond donors (Lipinski definition) is 2. The van der Waals surface area contributed by atoms with Gasteiger partial charge >= 0.3 is 0 Å². The number of hydrogen-bond acceptors (Lipinski definition) is 4. The molecule has 1 aliphatic rings. The molecule has 24 heavy (non-hydrogen) atoms. The van der Waals surface area contributed by atoms with Crippen LogP contribution in [-0.4, -0.2) is 25.7 Å². The van der Waals surface area contributed by atoms with Gasteiger partial charge in [0.05, 0.1) is 18.9 Å². The highest BCUT2D eigenvalue weighted by Gasteiger charge is 2.15. The number of fused-ring (bicyclic) bond motifs is 1. The van der Waals surface area contributed by atoms with Crippen LogP contribution in [0, 0.1) is 0 Å². The maximum Gasteiger partial charge on any atom is 0.255 e. The van der Waals surface area contributed by atoms with E-state index in [4.69, 9.17) is 9.47 Å². The van der Waals surface area contributed by atoms with E-state index >= 15 is 0 Å². The fourth-order valence-corrected chi connectivity index (χ4v) is 2.79. The van der Waals surface area contributed by atoms with Crippen molar-refractivity contribution < 1.29 is 14.3 Å². The summed E-state index contributed by atoms with van der Waals surface area (Å²) in [6.07, 6.45) is 0.945. The standard InChI is InChI=1S/C19H22N2O3/c1-3-23-15-6-8-18(24-4-2)17(12-15)21-19(22)14-5-7-16-13(11-14)9-10-20-16/h5-8,11-12,20H,3-4,9-10H2,1-2H3,(H,21,22). The highest BCUT2D eigenvalue weighted by Crippen LogP contribution is 2.30. The molecule has 0 fully saturated rings. The summed E-state index contributed by atoms with van der Waals surface area (Å²) in [5.41, 5.74) is 3.55. The quantitative estimate of drug-likeness (QED) is 0.850. The molecule has 1 heterocycles. The lowest BCUT2D eigenvalue weighted by Gasteiger charge is -2.14. The van der Waals surface area contributed by atoms with Crippen LogP contribution in [0.25, 0.3) is 0 Å². The van der Waals surface area contributed by atoms with Crippen LogP contribution in [0.5, 0.6) is 11.5 Å². The molecule has 0 bridgehead atoms. The molecule has 0 saturated heterocycles. The zero-order valence-electron chi connectivity index (χ0n) is 14.0. The number of ether oxygens (including phenoxy) is 2. The molecule has 5 heteroatoms. The summed E-state index contributed by atoms with van der Waals surface area (Å²) >= 11 is 0. The van der Waals surface area contributed by atoms with Crippen LogP contribution in [0.15, 0.2) is 36.4 Å². The van der Waals surface area contributed by atoms with Gasteiger partial charge in [-0.3, -0.25) is 4.79 Å². The molecule has 0 unspecified atom stereocenters. The van der Waals surface area contributed by atoms with Gasteiger partial charge in [-0.25, -0.2) is 0 Å². The lowest BCUT2D eigenvalue weighted by atomic mass is 10.1. The predicted octanol–water partition coefficient (Wildman–Crippen LogP) is 3.70. The maximum absolute atomic E-state index is 12.6. The van der Waals surface area contributed by atoms with Gasteiger partial charge in [0.25, 0.3) is 5.91 Å². The number of amides is 1. The average molecular weight is 326 g/mol. The van der Waals surface area contributed by atoms with Gasteiger partial charge in [-0.1, -0.05) is 0 Å². The summed E-state index contributed by atoms with van der Waals surface area (Å²) in [6.45, 7) is 5.86. The Hall–Kier alpha value is -2.69. The van der Waals surface area contributed by atoms with E-state index in [1.807, 2.05) is 44.2 Å². The first-order valence-corrected chi connectivity index (χ1v) is 8.29. The van der Waals surface area contributed by atoms with Gasteiger partial charge in [0.15, 0.2) is 0 Å². The van der Waals surface area contributed by atoms with Gasteiger partial charge in [0.2, 0.25) is 0 Å². The van der Waals surface area contributed by atoms with Gasteiger partial charge in [-0.05, 0) is 56.2 Å². The van der Waals surface area contributed by atoms with Gasteiger partial charge in [0, 0.05) is 23.9 Å². The summed E-state index contributed by atoms with van der Waals surface area (Å²) in [5, 5.41) is 6.23. The molecule has 2 aromatic rings. The zero-order chi connectivity index (χ0) is 16.9. The molecule has 0 aromatic heterocycles. The second-order valence-corrected chi connectivity index (χ2v) is 5.53. The van der Waals surface area contributed by atoms with Crippen LogP contribution in [0.3, 0.4) is 0 Å². The number of benzene rings is 2. The minimum Gasteiger partial charge on any atom is -0.494 e. The Balaban J connectivity index is 1.83. The molecular weight excluding hydrogens is 304 g/mol. The van der Waals surface area contributed by atoms with E-state index in [1.165, 1.54) is 5.56 Å². The Morgan fingerprint density at radius 1 is 1.12 bits per heavy atom. The Labute approximate surface area is 142 Å². The van der Waals surface area contributed by atoms with Crippen LogP contribution >= 0.6 is 0 Å². The van der Waals surface area contributed by atoms with Crippen molar-refractivity contribution in [3.8, 4) is 11.5 Å². The smallest absolute Gasteiger partial charge is 0.255 e. The minimum atomic E-state index is -0.153. The molecule has 0 radical (unpaired) electrons. The van der Waals surface area contributed by atoms with E-state index in [1.54, 1.807) is 6.07 Å². The van der Waals surface area contributed by atoms with Crippen LogP contribution in [0.2, 0.25) is 0 Å². The summed E-state index contributed by atoms with van der Waals surface area (Å²) in [6, 6.07) is 11.2. The van der Waals surface area contributed by atoms with E-state index in [-0.39, 0.29) is 5.91 Å². The molecule has 0 spiro atoms. The van der Waals surface area contributed by atoms with Crippen molar-refractivity contribution in [3.05, 3.63) is 47.5 Å². The first kappa shape index (κ1) is 16.2. The van der Waals surface area contributed by atoms with Crippen molar-refractivity contribution in [2.24, 2.45) is 0 Å². The molecule has 1 amide bonds. The molecule has 5 nitrogen and oxygen atoms in total. The van der Waals surface area contributed by atoms with E-state index in [9.17, 15) is 4.79 Å². The Morgan fingerprint density at radius 3 is 2.75 bits per heavy atom. The molecule has 3 rings (SSSR count). The van der Waals surface area contributed by atoms with Gasteiger partial charge in [-0.2, -0.15) is 0 Å². The molecule has 0 aliphatic carbocycles. The molecule has 1 aliphatic heterocycles. The largest absolute Gasteiger partial charge is 0.494 e. The van der Waals surface area contributed by atoms with Gasteiger partial charge in [0.1, 0.15) is 11.5 Å². The Bertz CT molecular complexity index is 743. The van der Waals surface area contributed by atoms with Gasteiger partial charge < -0.3 is 20.1 Å². The van der Waals surface area contributed by atoms with Gasteiger partial charge in [-0.15, -0.1) is 0 Å². The monoisotopic (exact) mass is 326 g/mol. The molecule has 0 saturated carbocycles. The zero-order valence-corrected chi connectivity index (χ0v) is 14.0. The number of carbonyl (C=O) groups excluding carboxylic acids is 1. The first-order chi connectivity index (χ1) is 11.7. The Morgan fingerprint density at radius 2 is 1.96 bits per heavy atom. The van der Waals surface area contributed by atoms with E-state index in [0.29, 0.717) is 36.0 Å². The summed E-state index contributed by atoms with van der Waals surface area (Å²) in [5.74, 6) is 1.19. The van der Waals surface area contributed by atoms with Crippen molar-refractivity contribution in [2.45, 2.75) is 20.3 Å². The fraction of sp³-hybridized carbons (Fsp3) is 0.316. The topological polar surface area (TPSA) is 59.6 Å². The predicted molar refractivity (Wildman–Crippen MR) is 95.4 cm³/mol. The normalized spacial score (nSPS) is 12.2. The SMILES string of the molecule is CCOc1ccc(OCC)c(NC(=O)c2ccc3c(c2)CCN3)c1. The molecular formula is C19H22N2O3. The molecule has 2 aromatic carbocycles. The van der Waals surface area contributed by atoms with E-state index in [2.05, 4.69) is 10.6 Å². The third-order valence-electron chi connectivity index (χ3n) is 3.89. The van der Waals surface area contributed by atoms with Crippen molar-refractivity contribution in [3.63, 3.8) is 0 Å². The summed E-state index contributed by atoms with van der Waals surface area (Å²) in [7, 11) is 0. The second-order valence-electron chi connectivity index (χ2n) is 5.53. The van der Waals surface area contributed by atoms with E-state index < -0.39 is 0 Å². The lowest BCUT2D eigenvalue weighted by Crippen LogP contribution is -2.13. The van der Waals surface area contributed by atoms with Crippen molar-refractivity contribution in [2.75, 3.05) is 30.4 Å². The minimum absolute atomic E-state index is 0.153. The summed E-state index contributed by atoms with van der Waals surface area (Å²) < 4.78 is 11.1. The highest BCUT2D eigenvalue weighted by molar-refractivity contribution is 6.05. The van der Waals surface area contributed by atoms with Crippen LogP contribution < -0.4 is 20.1 Å². The molecule has 2 N–H and O–H groups in total. The first-order valence-electron chi connectivity index (χ1n) is 8.29. The van der Waals surface area contributed by atoms with Crippen molar-refractivity contribution >= 4 is 17.3 Å². The van der Waals surface area contributed by atoms with Crippen LogP contribution in [-0.2, 0) is 6.42 Å². The van der Waals surface area contributed by atoms with E-state index in [0.717, 1.165) is 18.7 Å². The summed E-state index contributed by atoms with van der Waals surface area (Å²) in [4.78, 5) is 12.6. The number of nitrogens with one attached hydrogen (secondary N) is 2. The average Bonchev–Trinajstić information content (AvgIpc) is 3.05. The maximum atomic E-state index is 12.6. The second kappa shape index (κ2) is 7.25. The number of carbonyl (C=O) groups is 1. The van der Waals surface area contributed by atoms with Crippen LogP contribution in [0.1, 0.15) is 29.8 Å². The van der Waals surface area contributed by atoms with Crippen molar-refractivity contribution in [1.82, 2.24) is 0 Å². The lowest BCUT2D eigenvalue weighted by molar-refractivity contribution is 0.102. The Kier molecular flexibility index (Phi) is 4.89. The third-order valence-corrected chi connectivity index (χ3v) is 3.89. The fourth-order valence-electron chi connectivity index (χ4n) is 2.79. The molecule has 126 valence electrons. The highest BCUT2D eigenvalue weighted by atomic mass is 16.5. The third kappa shape index (κ3) is 3.45. The molecule has 0 atom stereocenters. The number of rotatable bonds is 6. The number of anilines is 2. The van der Waals surface area contributed by atoms with Crippen molar-refractivity contribution in [1.29, 1.82) is 0 Å². The van der Waals surface area contributed by atoms with Crippen LogP contribution in [0.4, 0.5) is 11.4 Å².